The monoisotopic (exact) mass is 241 g/mol. The van der Waals surface area contributed by atoms with Crippen molar-refractivity contribution in [2.24, 2.45) is 5.41 Å². The number of amides is 1. The molecule has 6 nitrogen and oxygen atoms in total. The van der Waals surface area contributed by atoms with Crippen LogP contribution in [0.2, 0.25) is 0 Å². The van der Waals surface area contributed by atoms with E-state index in [1.807, 2.05) is 0 Å². The first-order valence-electron chi connectivity index (χ1n) is 5.11. The molecule has 7 heteroatoms. The van der Waals surface area contributed by atoms with Crippen molar-refractivity contribution in [3.63, 3.8) is 0 Å². The normalized spacial score (nSPS) is 11.1. The fraction of sp³-hybridized carbons (Fsp3) is 0.500. The van der Waals surface area contributed by atoms with Crippen LogP contribution in [0, 0.1) is 11.2 Å². The van der Waals surface area contributed by atoms with E-state index in [0.717, 1.165) is 6.20 Å². The number of nitrogens with one attached hydrogen (secondary N) is 2. The Bertz CT molecular complexity index is 421. The van der Waals surface area contributed by atoms with Gasteiger partial charge in [-0.25, -0.2) is 9.37 Å². The van der Waals surface area contributed by atoms with E-state index in [2.05, 4.69) is 20.6 Å². The molecular weight excluding hydrogens is 225 g/mol. The number of hydrogen-bond acceptors (Lipinski definition) is 5. The predicted octanol–water partition coefficient (Wildman–Crippen LogP) is 0.382. The van der Waals surface area contributed by atoms with Crippen molar-refractivity contribution in [1.82, 2.24) is 15.3 Å². The van der Waals surface area contributed by atoms with Crippen molar-refractivity contribution in [3.05, 3.63) is 12.0 Å². The zero-order valence-corrected chi connectivity index (χ0v) is 10.0. The van der Waals surface area contributed by atoms with Gasteiger partial charge in [0, 0.05) is 13.6 Å². The Morgan fingerprint density at radius 3 is 2.82 bits per heavy atom. The summed E-state index contributed by atoms with van der Waals surface area (Å²) in [4.78, 5) is 18.7. The van der Waals surface area contributed by atoms with Gasteiger partial charge in [0.05, 0.1) is 11.6 Å². The van der Waals surface area contributed by atoms with E-state index in [-0.39, 0.29) is 24.2 Å². The first-order chi connectivity index (χ1) is 7.86. The van der Waals surface area contributed by atoms with Crippen LogP contribution in [0.1, 0.15) is 13.8 Å². The van der Waals surface area contributed by atoms with Crippen LogP contribution in [-0.4, -0.2) is 29.5 Å². The van der Waals surface area contributed by atoms with Crippen molar-refractivity contribution >= 4 is 17.7 Å². The fourth-order valence-corrected chi connectivity index (χ4v) is 1.23. The molecule has 1 rings (SSSR count). The molecule has 0 aliphatic carbocycles. The Morgan fingerprint density at radius 2 is 2.24 bits per heavy atom. The van der Waals surface area contributed by atoms with Crippen molar-refractivity contribution in [1.29, 1.82) is 0 Å². The molecule has 0 saturated carbocycles. The highest BCUT2D eigenvalue weighted by Crippen LogP contribution is 2.17. The molecule has 94 valence electrons. The van der Waals surface area contributed by atoms with E-state index in [1.165, 1.54) is 0 Å². The van der Waals surface area contributed by atoms with Crippen LogP contribution in [0.5, 0.6) is 0 Å². The summed E-state index contributed by atoms with van der Waals surface area (Å²) < 4.78 is 13.3. The highest BCUT2D eigenvalue weighted by atomic mass is 19.1. The number of aromatic nitrogens is 2. The van der Waals surface area contributed by atoms with Gasteiger partial charge in [-0.1, -0.05) is 0 Å². The van der Waals surface area contributed by atoms with E-state index < -0.39 is 11.2 Å². The summed E-state index contributed by atoms with van der Waals surface area (Å²) in [5, 5.41) is 5.28. The lowest BCUT2D eigenvalue weighted by Crippen LogP contribution is -2.39. The highest BCUT2D eigenvalue weighted by Gasteiger charge is 2.26. The van der Waals surface area contributed by atoms with Gasteiger partial charge in [0.15, 0.2) is 11.6 Å². The van der Waals surface area contributed by atoms with Gasteiger partial charge < -0.3 is 16.4 Å². The second-order valence-electron chi connectivity index (χ2n) is 4.24. The van der Waals surface area contributed by atoms with Crippen LogP contribution in [0.15, 0.2) is 6.20 Å². The van der Waals surface area contributed by atoms with Gasteiger partial charge in [-0.3, -0.25) is 4.79 Å². The average Bonchev–Trinajstić information content (AvgIpc) is 2.29. The molecule has 0 spiro atoms. The zero-order valence-electron chi connectivity index (χ0n) is 10.0. The van der Waals surface area contributed by atoms with Crippen LogP contribution >= 0.6 is 0 Å². The van der Waals surface area contributed by atoms with Gasteiger partial charge in [-0.2, -0.15) is 4.98 Å². The number of hydrogen-bond donors (Lipinski definition) is 3. The second kappa shape index (κ2) is 4.94. The van der Waals surface area contributed by atoms with Crippen molar-refractivity contribution < 1.29 is 9.18 Å². The van der Waals surface area contributed by atoms with Crippen molar-refractivity contribution in [2.75, 3.05) is 24.6 Å². The SMILES string of the molecule is CNC(=O)C(C)(C)CNc1nc(N)ncc1F. The molecule has 0 saturated heterocycles. The molecule has 1 aromatic rings. The molecule has 0 aliphatic heterocycles. The third kappa shape index (κ3) is 3.27. The van der Waals surface area contributed by atoms with Gasteiger partial charge in [0.25, 0.3) is 0 Å². The van der Waals surface area contributed by atoms with Crippen molar-refractivity contribution in [2.45, 2.75) is 13.8 Å². The second-order valence-corrected chi connectivity index (χ2v) is 4.24. The van der Waals surface area contributed by atoms with Crippen LogP contribution in [0.3, 0.4) is 0 Å². The van der Waals surface area contributed by atoms with Crippen molar-refractivity contribution in [3.8, 4) is 0 Å². The average molecular weight is 241 g/mol. The maximum Gasteiger partial charge on any atom is 0.227 e. The number of nitrogen functional groups attached to an aromatic ring is 1. The standard InChI is InChI=1S/C10H16FN5O/c1-10(2,8(17)13-3)5-15-7-6(11)4-14-9(12)16-7/h4H,5H2,1-3H3,(H,13,17)(H3,12,14,15,16). The van der Waals surface area contributed by atoms with Crippen LogP contribution in [-0.2, 0) is 4.79 Å². The molecule has 17 heavy (non-hydrogen) atoms. The fourth-order valence-electron chi connectivity index (χ4n) is 1.23. The molecule has 0 radical (unpaired) electrons. The molecule has 0 aromatic carbocycles. The minimum absolute atomic E-state index is 0.00511. The number of carbonyl (C=O) groups is 1. The van der Waals surface area contributed by atoms with Crippen LogP contribution in [0.4, 0.5) is 16.2 Å². The third-order valence-corrected chi connectivity index (χ3v) is 2.30. The summed E-state index contributed by atoms with van der Waals surface area (Å²) in [6, 6.07) is 0. The van der Waals surface area contributed by atoms with E-state index in [4.69, 9.17) is 5.73 Å². The van der Waals surface area contributed by atoms with Gasteiger partial charge in [-0.05, 0) is 13.8 Å². The highest BCUT2D eigenvalue weighted by molar-refractivity contribution is 5.82. The van der Waals surface area contributed by atoms with Gasteiger partial charge in [0.1, 0.15) is 0 Å². The van der Waals surface area contributed by atoms with Gasteiger partial charge in [0.2, 0.25) is 11.9 Å². The molecule has 0 aliphatic rings. The number of rotatable bonds is 4. The number of halogens is 1. The van der Waals surface area contributed by atoms with Crippen LogP contribution in [0.25, 0.3) is 0 Å². The zero-order chi connectivity index (χ0) is 13.1. The molecule has 0 unspecified atom stereocenters. The smallest absolute Gasteiger partial charge is 0.227 e. The molecular formula is C10H16FN5O. The minimum atomic E-state index is -0.680. The summed E-state index contributed by atoms with van der Waals surface area (Å²) in [6.45, 7) is 3.71. The van der Waals surface area contributed by atoms with E-state index in [1.54, 1.807) is 20.9 Å². The van der Waals surface area contributed by atoms with Gasteiger partial charge >= 0.3 is 0 Å². The summed E-state index contributed by atoms with van der Waals surface area (Å²) in [6.07, 6.45) is 0.984. The largest absolute Gasteiger partial charge is 0.368 e. The molecule has 0 fully saturated rings. The minimum Gasteiger partial charge on any atom is -0.368 e. The molecule has 1 amide bonds. The first kappa shape index (κ1) is 13.1. The summed E-state index contributed by atoms with van der Waals surface area (Å²) in [5.41, 5.74) is 4.66. The lowest BCUT2D eigenvalue weighted by Gasteiger charge is -2.23. The molecule has 0 bridgehead atoms. The van der Waals surface area contributed by atoms with E-state index >= 15 is 0 Å². The lowest BCUT2D eigenvalue weighted by atomic mass is 9.92. The van der Waals surface area contributed by atoms with E-state index in [0.29, 0.717) is 0 Å². The first-order valence-corrected chi connectivity index (χ1v) is 5.11. The maximum atomic E-state index is 13.3. The maximum absolute atomic E-state index is 13.3. The number of carbonyl (C=O) groups excluding carboxylic acids is 1. The topological polar surface area (TPSA) is 92.9 Å². The Balaban J connectivity index is 2.73. The Kier molecular flexibility index (Phi) is 3.82. The molecule has 1 heterocycles. The number of nitrogens with two attached hydrogens (primary N) is 1. The number of nitrogens with zero attached hydrogens (tertiary/aromatic N) is 2. The molecule has 0 atom stereocenters. The summed E-state index contributed by atoms with van der Waals surface area (Å²) in [5.74, 6) is -0.777. The quantitative estimate of drug-likeness (QED) is 0.708. The van der Waals surface area contributed by atoms with Crippen LogP contribution < -0.4 is 16.4 Å². The lowest BCUT2D eigenvalue weighted by molar-refractivity contribution is -0.128. The third-order valence-electron chi connectivity index (χ3n) is 2.30. The summed E-state index contributed by atoms with van der Waals surface area (Å²) >= 11 is 0. The molecule has 1 aromatic heterocycles. The van der Waals surface area contributed by atoms with E-state index in [9.17, 15) is 9.18 Å². The Hall–Kier alpha value is -1.92. The summed E-state index contributed by atoms with van der Waals surface area (Å²) in [7, 11) is 1.55. The van der Waals surface area contributed by atoms with Gasteiger partial charge in [-0.15, -0.1) is 0 Å². The molecule has 4 N–H and O–H groups in total. The predicted molar refractivity (Wildman–Crippen MR) is 62.7 cm³/mol. The number of anilines is 2. The Morgan fingerprint density at radius 1 is 1.59 bits per heavy atom. The Labute approximate surface area is 98.8 Å².